The average Bonchev–Trinajstić information content (AvgIpc) is 2.76. The predicted octanol–water partition coefficient (Wildman–Crippen LogP) is 0.550. The Morgan fingerprint density at radius 3 is 2.53 bits per heavy atom. The van der Waals surface area contributed by atoms with Crippen LogP contribution < -0.4 is 15.5 Å². The number of nitrogens with zero attached hydrogens (tertiary/aromatic N) is 2. The summed E-state index contributed by atoms with van der Waals surface area (Å²) in [6.45, 7) is 5.88. The lowest BCUT2D eigenvalue weighted by molar-refractivity contribution is -0.116. The van der Waals surface area contributed by atoms with E-state index in [1.807, 2.05) is 19.0 Å². The van der Waals surface area contributed by atoms with Gasteiger partial charge in [-0.3, -0.25) is 9.59 Å². The Morgan fingerprint density at radius 2 is 2.00 bits per heavy atom. The summed E-state index contributed by atoms with van der Waals surface area (Å²) in [5.74, 6) is -0.422. The number of anilines is 1. The van der Waals surface area contributed by atoms with Gasteiger partial charge in [-0.2, -0.15) is 0 Å². The number of hydrogen-bond acceptors (Lipinski definition) is 5. The molecule has 0 saturated heterocycles. The van der Waals surface area contributed by atoms with E-state index in [-0.39, 0.29) is 11.8 Å². The van der Waals surface area contributed by atoms with Crippen molar-refractivity contribution in [2.75, 3.05) is 32.1 Å². The Kier molecular flexibility index (Phi) is 5.50. The van der Waals surface area contributed by atoms with Crippen LogP contribution in [-0.4, -0.2) is 44.0 Å². The van der Waals surface area contributed by atoms with Crippen molar-refractivity contribution >= 4 is 28.3 Å². The lowest BCUT2D eigenvalue weighted by Gasteiger charge is -2.05. The third-order valence-corrected chi connectivity index (χ3v) is 3.59. The minimum absolute atomic E-state index is 0.170. The molecule has 6 nitrogen and oxygen atoms in total. The molecule has 0 unspecified atom stereocenters. The second kappa shape index (κ2) is 6.89. The molecule has 1 heterocycles. The number of thiazole rings is 1. The zero-order valence-corrected chi connectivity index (χ0v) is 12.1. The molecule has 1 aromatic rings. The smallest absolute Gasteiger partial charge is 0.263 e. The Morgan fingerprint density at radius 1 is 1.37 bits per heavy atom. The second-order valence-electron chi connectivity index (χ2n) is 4.06. The molecular weight excluding hydrogens is 264 g/mol. The molecule has 19 heavy (non-hydrogen) atoms. The molecule has 0 aliphatic heterocycles. The van der Waals surface area contributed by atoms with Crippen LogP contribution in [0.3, 0.4) is 0 Å². The van der Waals surface area contributed by atoms with Gasteiger partial charge in [0.2, 0.25) is 5.91 Å². The molecule has 0 aliphatic carbocycles. The topological polar surface area (TPSA) is 74.3 Å². The van der Waals surface area contributed by atoms with E-state index in [4.69, 9.17) is 0 Å². The number of hydrogen-bond donors (Lipinski definition) is 2. The molecule has 1 rings (SSSR count). The largest absolute Gasteiger partial charge is 0.354 e. The van der Waals surface area contributed by atoms with E-state index in [1.54, 1.807) is 6.92 Å². The number of carbonyl (C=O) groups is 2. The van der Waals surface area contributed by atoms with Crippen molar-refractivity contribution in [3.63, 3.8) is 0 Å². The van der Waals surface area contributed by atoms with E-state index in [2.05, 4.69) is 22.2 Å². The highest BCUT2D eigenvalue weighted by Crippen LogP contribution is 2.24. The SMILES string of the molecule is C=CC(=O)NCCNC(=O)c1sc(N(C)C)nc1C. The van der Waals surface area contributed by atoms with Crippen molar-refractivity contribution in [3.8, 4) is 0 Å². The first-order valence-corrected chi connectivity index (χ1v) is 6.60. The number of rotatable bonds is 6. The highest BCUT2D eigenvalue weighted by Gasteiger charge is 2.15. The van der Waals surface area contributed by atoms with E-state index in [1.165, 1.54) is 17.4 Å². The molecule has 0 bridgehead atoms. The Hall–Kier alpha value is -1.89. The van der Waals surface area contributed by atoms with Crippen LogP contribution in [0.2, 0.25) is 0 Å². The average molecular weight is 282 g/mol. The van der Waals surface area contributed by atoms with Crippen molar-refractivity contribution in [1.29, 1.82) is 0 Å². The Balaban J connectivity index is 2.49. The molecular formula is C12H18N4O2S. The quantitative estimate of drug-likeness (QED) is 0.590. The summed E-state index contributed by atoms with van der Waals surface area (Å²) in [5.41, 5.74) is 0.710. The minimum Gasteiger partial charge on any atom is -0.354 e. The molecule has 7 heteroatoms. The first kappa shape index (κ1) is 15.2. The highest BCUT2D eigenvalue weighted by molar-refractivity contribution is 7.17. The lowest BCUT2D eigenvalue weighted by Crippen LogP contribution is -2.33. The van der Waals surface area contributed by atoms with Gasteiger partial charge in [0.1, 0.15) is 4.88 Å². The van der Waals surface area contributed by atoms with Gasteiger partial charge in [0, 0.05) is 27.2 Å². The van der Waals surface area contributed by atoms with Crippen LogP contribution in [0.1, 0.15) is 15.4 Å². The summed E-state index contributed by atoms with van der Waals surface area (Å²) in [4.78, 5) is 29.6. The van der Waals surface area contributed by atoms with Crippen LogP contribution in [-0.2, 0) is 4.79 Å². The van der Waals surface area contributed by atoms with Crippen LogP contribution in [0.4, 0.5) is 5.13 Å². The third kappa shape index (κ3) is 4.36. The van der Waals surface area contributed by atoms with Gasteiger partial charge in [0.15, 0.2) is 5.13 Å². The fraction of sp³-hybridized carbons (Fsp3) is 0.417. The number of aromatic nitrogens is 1. The summed E-state index contributed by atoms with van der Waals surface area (Å²) in [5, 5.41) is 6.11. The standard InChI is InChI=1S/C12H18N4O2S/c1-5-9(17)13-6-7-14-11(18)10-8(2)15-12(19-10)16(3)4/h5H,1,6-7H2,2-4H3,(H,13,17)(H,14,18). The summed E-state index contributed by atoms with van der Waals surface area (Å²) in [7, 11) is 3.76. The fourth-order valence-electron chi connectivity index (χ4n) is 1.30. The Labute approximate surface area is 116 Å². The van der Waals surface area contributed by atoms with Gasteiger partial charge in [-0.25, -0.2) is 4.98 Å². The number of amides is 2. The summed E-state index contributed by atoms with van der Waals surface area (Å²) >= 11 is 1.34. The number of aryl methyl sites for hydroxylation is 1. The maximum atomic E-state index is 11.9. The summed E-state index contributed by atoms with van der Waals surface area (Å²) in [6, 6.07) is 0. The Bertz CT molecular complexity index is 482. The molecule has 0 saturated carbocycles. The summed E-state index contributed by atoms with van der Waals surface area (Å²) < 4.78 is 0. The first-order chi connectivity index (χ1) is 8.95. The van der Waals surface area contributed by atoms with Crippen molar-refractivity contribution in [1.82, 2.24) is 15.6 Å². The van der Waals surface area contributed by atoms with E-state index >= 15 is 0 Å². The van der Waals surface area contributed by atoms with E-state index in [0.29, 0.717) is 23.7 Å². The molecule has 1 aromatic heterocycles. The van der Waals surface area contributed by atoms with E-state index < -0.39 is 0 Å². The van der Waals surface area contributed by atoms with Crippen molar-refractivity contribution < 1.29 is 9.59 Å². The minimum atomic E-state index is -0.252. The van der Waals surface area contributed by atoms with Crippen molar-refractivity contribution in [3.05, 3.63) is 23.2 Å². The molecule has 0 radical (unpaired) electrons. The molecule has 2 amide bonds. The van der Waals surface area contributed by atoms with Crippen LogP contribution in [0, 0.1) is 6.92 Å². The molecule has 0 aliphatic rings. The lowest BCUT2D eigenvalue weighted by atomic mass is 10.4. The summed E-state index contributed by atoms with van der Waals surface area (Å²) in [6.07, 6.45) is 1.19. The van der Waals surface area contributed by atoms with Crippen LogP contribution >= 0.6 is 11.3 Å². The highest BCUT2D eigenvalue weighted by atomic mass is 32.1. The van der Waals surface area contributed by atoms with Gasteiger partial charge in [0.05, 0.1) is 5.69 Å². The first-order valence-electron chi connectivity index (χ1n) is 5.79. The van der Waals surface area contributed by atoms with Crippen molar-refractivity contribution in [2.45, 2.75) is 6.92 Å². The molecule has 104 valence electrons. The molecule has 0 atom stereocenters. The maximum Gasteiger partial charge on any atom is 0.263 e. The third-order valence-electron chi connectivity index (χ3n) is 2.27. The van der Waals surface area contributed by atoms with Crippen molar-refractivity contribution in [2.24, 2.45) is 0 Å². The van der Waals surface area contributed by atoms with E-state index in [9.17, 15) is 9.59 Å². The normalized spacial score (nSPS) is 9.84. The van der Waals surface area contributed by atoms with Crippen LogP contribution in [0.25, 0.3) is 0 Å². The molecule has 2 N–H and O–H groups in total. The van der Waals surface area contributed by atoms with Gasteiger partial charge in [0.25, 0.3) is 5.91 Å². The second-order valence-corrected chi connectivity index (χ2v) is 5.03. The van der Waals surface area contributed by atoms with Gasteiger partial charge in [-0.15, -0.1) is 0 Å². The predicted molar refractivity (Wildman–Crippen MR) is 76.7 cm³/mol. The van der Waals surface area contributed by atoms with Gasteiger partial charge in [-0.1, -0.05) is 17.9 Å². The number of nitrogens with one attached hydrogen (secondary N) is 2. The molecule has 0 aromatic carbocycles. The van der Waals surface area contributed by atoms with Gasteiger partial charge >= 0.3 is 0 Å². The molecule has 0 fully saturated rings. The number of carbonyl (C=O) groups excluding carboxylic acids is 2. The van der Waals surface area contributed by atoms with Crippen LogP contribution in [0.15, 0.2) is 12.7 Å². The fourth-order valence-corrected chi connectivity index (χ4v) is 2.20. The zero-order chi connectivity index (χ0) is 14.4. The van der Waals surface area contributed by atoms with Gasteiger partial charge in [-0.05, 0) is 13.0 Å². The zero-order valence-electron chi connectivity index (χ0n) is 11.3. The van der Waals surface area contributed by atoms with E-state index in [0.717, 1.165) is 5.13 Å². The maximum absolute atomic E-state index is 11.9. The van der Waals surface area contributed by atoms with Gasteiger partial charge < -0.3 is 15.5 Å². The monoisotopic (exact) mass is 282 g/mol. The molecule has 0 spiro atoms. The van der Waals surface area contributed by atoms with Crippen LogP contribution in [0.5, 0.6) is 0 Å².